The van der Waals surface area contributed by atoms with Crippen LogP contribution in [0.1, 0.15) is 45.2 Å². The molecular formula is C14H23N3O3. The molecule has 0 aromatic carbocycles. The van der Waals surface area contributed by atoms with Crippen LogP contribution in [-0.4, -0.2) is 35.1 Å². The van der Waals surface area contributed by atoms with Gasteiger partial charge < -0.3 is 15.0 Å². The van der Waals surface area contributed by atoms with E-state index in [2.05, 4.69) is 20.0 Å². The van der Waals surface area contributed by atoms with Gasteiger partial charge in [0.1, 0.15) is 5.60 Å². The molecule has 0 unspecified atom stereocenters. The van der Waals surface area contributed by atoms with Gasteiger partial charge in [0.15, 0.2) is 0 Å². The molecule has 1 aliphatic rings. The number of piperidine rings is 1. The van der Waals surface area contributed by atoms with Gasteiger partial charge >= 0.3 is 0 Å². The minimum absolute atomic E-state index is 0.0523. The van der Waals surface area contributed by atoms with Gasteiger partial charge in [0.05, 0.1) is 12.0 Å². The Morgan fingerprint density at radius 1 is 1.35 bits per heavy atom. The molecule has 1 aliphatic heterocycles. The summed E-state index contributed by atoms with van der Waals surface area (Å²) in [4.78, 5) is 27.3. The zero-order valence-electron chi connectivity index (χ0n) is 12.3. The molecule has 1 aromatic rings. The summed E-state index contributed by atoms with van der Waals surface area (Å²) in [6.07, 6.45) is 3.65. The second-order valence-electron chi connectivity index (χ2n) is 5.69. The second-order valence-corrected chi connectivity index (χ2v) is 5.69. The first kappa shape index (κ1) is 16.4. The van der Waals surface area contributed by atoms with Crippen LogP contribution in [-0.2, 0) is 9.53 Å². The minimum Gasteiger partial charge on any atom is -0.462 e. The van der Waals surface area contributed by atoms with Crippen molar-refractivity contribution in [2.45, 2.75) is 45.1 Å². The third kappa shape index (κ3) is 6.47. The van der Waals surface area contributed by atoms with E-state index in [0.29, 0.717) is 12.4 Å². The molecule has 1 saturated heterocycles. The molecule has 0 radical (unpaired) electrons. The highest BCUT2D eigenvalue weighted by atomic mass is 16.5. The summed E-state index contributed by atoms with van der Waals surface area (Å²) in [6, 6.07) is 1.61. The average molecular weight is 281 g/mol. The summed E-state index contributed by atoms with van der Waals surface area (Å²) in [5, 5.41) is 3.29. The number of carbonyl (C=O) groups is 1. The van der Waals surface area contributed by atoms with Crippen LogP contribution in [0.5, 0.6) is 0 Å². The molecule has 6 heteroatoms. The van der Waals surface area contributed by atoms with E-state index in [4.69, 9.17) is 0 Å². The molecule has 0 saturated carbocycles. The van der Waals surface area contributed by atoms with Crippen molar-refractivity contribution in [1.29, 1.82) is 0 Å². The zero-order valence-corrected chi connectivity index (χ0v) is 12.3. The van der Waals surface area contributed by atoms with E-state index < -0.39 is 0 Å². The normalized spacial score (nSPS) is 15.9. The number of aromatic amines is 1. The molecular weight excluding hydrogens is 258 g/mol. The molecule has 0 atom stereocenters. The van der Waals surface area contributed by atoms with Crippen molar-refractivity contribution in [3.63, 3.8) is 0 Å². The Morgan fingerprint density at radius 3 is 2.45 bits per heavy atom. The maximum Gasteiger partial charge on any atom is 0.293 e. The Labute approximate surface area is 119 Å². The molecule has 112 valence electrons. The van der Waals surface area contributed by atoms with Crippen LogP contribution in [0.15, 0.2) is 17.2 Å². The number of rotatable bonds is 2. The lowest BCUT2D eigenvalue weighted by Gasteiger charge is -2.21. The molecule has 6 nitrogen and oxygen atoms in total. The standard InChI is InChI=1S/C9H13N3O.C5H10O2/c13-9-5-8(11-6-12-9)7-1-3-10-4-2-7;1-5(2,3)7-4-6/h5-7,10H,1-4H2,(H,11,12,13);4H,1-3H3. The maximum absolute atomic E-state index is 11.0. The molecule has 0 spiro atoms. The zero-order chi connectivity index (χ0) is 15.0. The number of nitrogens with zero attached hydrogens (tertiary/aromatic N) is 1. The van der Waals surface area contributed by atoms with E-state index in [1.165, 1.54) is 6.33 Å². The first-order valence-corrected chi connectivity index (χ1v) is 6.79. The van der Waals surface area contributed by atoms with Gasteiger partial charge in [0, 0.05) is 12.0 Å². The van der Waals surface area contributed by atoms with Crippen LogP contribution in [0.25, 0.3) is 0 Å². The Kier molecular flexibility index (Phi) is 6.38. The number of hydrogen-bond acceptors (Lipinski definition) is 5. The van der Waals surface area contributed by atoms with Gasteiger partial charge in [-0.15, -0.1) is 0 Å². The van der Waals surface area contributed by atoms with Gasteiger partial charge in [0.25, 0.3) is 12.0 Å². The summed E-state index contributed by atoms with van der Waals surface area (Å²) in [6.45, 7) is 7.97. The van der Waals surface area contributed by atoms with E-state index in [1.807, 2.05) is 20.8 Å². The van der Waals surface area contributed by atoms with E-state index >= 15 is 0 Å². The number of carbonyl (C=O) groups excluding carboxylic acids is 1. The fraction of sp³-hybridized carbons (Fsp3) is 0.643. The molecule has 0 aliphatic carbocycles. The highest BCUT2D eigenvalue weighted by molar-refractivity contribution is 5.37. The summed E-state index contributed by atoms with van der Waals surface area (Å²) in [5.41, 5.74) is 0.565. The minimum atomic E-state index is -0.318. The molecule has 1 aromatic heterocycles. The SMILES string of the molecule is CC(C)(C)OC=O.O=c1cc(C2CCNCC2)nc[nH]1. The van der Waals surface area contributed by atoms with Gasteiger partial charge in [0.2, 0.25) is 0 Å². The molecule has 20 heavy (non-hydrogen) atoms. The summed E-state index contributed by atoms with van der Waals surface area (Å²) in [5.74, 6) is 0.462. The largest absolute Gasteiger partial charge is 0.462 e. The number of hydrogen-bond donors (Lipinski definition) is 2. The molecule has 0 bridgehead atoms. The highest BCUT2D eigenvalue weighted by Gasteiger charge is 2.16. The molecule has 2 rings (SSSR count). The molecule has 1 fully saturated rings. The number of ether oxygens (including phenoxy) is 1. The van der Waals surface area contributed by atoms with Gasteiger partial charge in [-0.1, -0.05) is 0 Å². The lowest BCUT2D eigenvalue weighted by atomic mass is 9.94. The van der Waals surface area contributed by atoms with Crippen molar-refractivity contribution in [2.24, 2.45) is 0 Å². The van der Waals surface area contributed by atoms with Crippen molar-refractivity contribution in [1.82, 2.24) is 15.3 Å². The third-order valence-electron chi connectivity index (χ3n) is 2.86. The van der Waals surface area contributed by atoms with E-state index in [9.17, 15) is 9.59 Å². The summed E-state index contributed by atoms with van der Waals surface area (Å²) < 4.78 is 4.55. The van der Waals surface area contributed by atoms with Crippen LogP contribution in [0.3, 0.4) is 0 Å². The lowest BCUT2D eigenvalue weighted by molar-refractivity contribution is -0.138. The van der Waals surface area contributed by atoms with E-state index in [-0.39, 0.29) is 11.2 Å². The predicted octanol–water partition coefficient (Wildman–Crippen LogP) is 1.19. The molecule has 0 amide bonds. The number of aromatic nitrogens is 2. The van der Waals surface area contributed by atoms with Gasteiger partial charge in [-0.05, 0) is 46.7 Å². The molecule has 2 heterocycles. The smallest absolute Gasteiger partial charge is 0.293 e. The number of H-pyrrole nitrogens is 1. The van der Waals surface area contributed by atoms with Crippen LogP contribution in [0.4, 0.5) is 0 Å². The first-order valence-electron chi connectivity index (χ1n) is 6.79. The van der Waals surface area contributed by atoms with Crippen molar-refractivity contribution in [3.8, 4) is 0 Å². The summed E-state index contributed by atoms with van der Waals surface area (Å²) >= 11 is 0. The van der Waals surface area contributed by atoms with E-state index in [0.717, 1.165) is 31.6 Å². The van der Waals surface area contributed by atoms with E-state index in [1.54, 1.807) is 6.07 Å². The van der Waals surface area contributed by atoms with Crippen molar-refractivity contribution in [3.05, 3.63) is 28.4 Å². The van der Waals surface area contributed by atoms with Crippen LogP contribution in [0.2, 0.25) is 0 Å². The van der Waals surface area contributed by atoms with Gasteiger partial charge in [-0.3, -0.25) is 9.59 Å². The third-order valence-corrected chi connectivity index (χ3v) is 2.86. The quantitative estimate of drug-likeness (QED) is 0.796. The monoisotopic (exact) mass is 281 g/mol. The molecule has 2 N–H and O–H groups in total. The van der Waals surface area contributed by atoms with Crippen LogP contribution < -0.4 is 10.9 Å². The predicted molar refractivity (Wildman–Crippen MR) is 76.6 cm³/mol. The Hall–Kier alpha value is -1.69. The Bertz CT molecular complexity index is 459. The lowest BCUT2D eigenvalue weighted by Crippen LogP contribution is -2.27. The van der Waals surface area contributed by atoms with Crippen molar-refractivity contribution in [2.75, 3.05) is 13.1 Å². The average Bonchev–Trinajstić information content (AvgIpc) is 2.39. The number of nitrogens with one attached hydrogen (secondary N) is 2. The fourth-order valence-electron chi connectivity index (χ4n) is 1.87. The second kappa shape index (κ2) is 7.79. The van der Waals surface area contributed by atoms with Gasteiger partial charge in [-0.2, -0.15) is 0 Å². The first-order chi connectivity index (χ1) is 9.42. The Morgan fingerprint density at radius 2 is 2.00 bits per heavy atom. The summed E-state index contributed by atoms with van der Waals surface area (Å²) in [7, 11) is 0. The van der Waals surface area contributed by atoms with Crippen LogP contribution >= 0.6 is 0 Å². The Balaban J connectivity index is 0.000000246. The topological polar surface area (TPSA) is 84.1 Å². The van der Waals surface area contributed by atoms with Crippen molar-refractivity contribution < 1.29 is 9.53 Å². The maximum atomic E-state index is 11.0. The fourth-order valence-corrected chi connectivity index (χ4v) is 1.87. The van der Waals surface area contributed by atoms with Gasteiger partial charge in [-0.25, -0.2) is 4.98 Å². The van der Waals surface area contributed by atoms with Crippen LogP contribution in [0, 0.1) is 0 Å². The highest BCUT2D eigenvalue weighted by Crippen LogP contribution is 2.21. The van der Waals surface area contributed by atoms with Crippen molar-refractivity contribution >= 4 is 6.47 Å².